The minimum atomic E-state index is 0.363. The molecule has 2 rings (SSSR count). The number of nitrogens with two attached hydrogens (primary N) is 1. The van der Waals surface area contributed by atoms with Crippen molar-refractivity contribution < 1.29 is 0 Å². The largest absolute Gasteiger partial charge is 0.329 e. The summed E-state index contributed by atoms with van der Waals surface area (Å²) in [7, 11) is 0. The van der Waals surface area contributed by atoms with Crippen LogP contribution in [0.5, 0.6) is 0 Å². The maximum atomic E-state index is 6.08. The lowest BCUT2D eigenvalue weighted by Gasteiger charge is -2.41. The molecule has 3 heteroatoms. The molecular weight excluding hydrogens is 300 g/mol. The monoisotopic (exact) mass is 324 g/mol. The minimum absolute atomic E-state index is 0.363. The van der Waals surface area contributed by atoms with Crippen molar-refractivity contribution in [1.29, 1.82) is 0 Å². The highest BCUT2D eigenvalue weighted by Crippen LogP contribution is 2.31. The second-order valence-electron chi connectivity index (χ2n) is 5.56. The molecule has 0 spiro atoms. The summed E-state index contributed by atoms with van der Waals surface area (Å²) in [6.45, 7) is 6.31. The van der Waals surface area contributed by atoms with E-state index in [-0.39, 0.29) is 0 Å². The maximum absolute atomic E-state index is 6.08. The van der Waals surface area contributed by atoms with Crippen LogP contribution in [0, 0.1) is 6.92 Å². The zero-order chi connectivity index (χ0) is 13.8. The zero-order valence-electron chi connectivity index (χ0n) is 12.0. The Labute approximate surface area is 125 Å². The van der Waals surface area contributed by atoms with E-state index in [2.05, 4.69) is 52.9 Å². The van der Waals surface area contributed by atoms with Crippen LogP contribution in [0.1, 0.15) is 49.8 Å². The summed E-state index contributed by atoms with van der Waals surface area (Å²) >= 11 is 3.64. The normalized spacial score (nSPS) is 22.4. The lowest BCUT2D eigenvalue weighted by molar-refractivity contribution is 0.0949. The Morgan fingerprint density at radius 3 is 2.84 bits per heavy atom. The Hall–Kier alpha value is -0.380. The van der Waals surface area contributed by atoms with E-state index in [1.54, 1.807) is 0 Å². The fourth-order valence-corrected chi connectivity index (χ4v) is 3.55. The summed E-state index contributed by atoms with van der Waals surface area (Å²) in [4.78, 5) is 2.63. The lowest BCUT2D eigenvalue weighted by Crippen LogP contribution is -2.44. The van der Waals surface area contributed by atoms with Crippen molar-refractivity contribution >= 4 is 15.9 Å². The third kappa shape index (κ3) is 3.39. The zero-order valence-corrected chi connectivity index (χ0v) is 13.6. The summed E-state index contributed by atoms with van der Waals surface area (Å²) in [5.41, 5.74) is 8.71. The van der Waals surface area contributed by atoms with Crippen LogP contribution in [0.3, 0.4) is 0 Å². The van der Waals surface area contributed by atoms with Gasteiger partial charge in [0, 0.05) is 23.1 Å². The van der Waals surface area contributed by atoms with Gasteiger partial charge in [-0.25, -0.2) is 0 Å². The van der Waals surface area contributed by atoms with Crippen molar-refractivity contribution in [2.45, 2.75) is 51.6 Å². The van der Waals surface area contributed by atoms with Gasteiger partial charge >= 0.3 is 0 Å². The third-order valence-corrected chi connectivity index (χ3v) is 5.20. The maximum Gasteiger partial charge on any atom is 0.0473 e. The molecule has 2 atom stereocenters. The first-order valence-corrected chi connectivity index (χ1v) is 8.18. The number of hydrogen-bond acceptors (Lipinski definition) is 2. The van der Waals surface area contributed by atoms with Crippen LogP contribution in [0.4, 0.5) is 0 Å². The number of benzene rings is 1. The molecule has 0 bridgehead atoms. The third-order valence-electron chi connectivity index (χ3n) is 4.35. The van der Waals surface area contributed by atoms with Crippen molar-refractivity contribution in [1.82, 2.24) is 4.90 Å². The molecule has 2 N–H and O–H groups in total. The molecule has 1 aliphatic heterocycles. The van der Waals surface area contributed by atoms with Crippen LogP contribution in [0.2, 0.25) is 0 Å². The van der Waals surface area contributed by atoms with Crippen LogP contribution < -0.4 is 5.73 Å². The van der Waals surface area contributed by atoms with Gasteiger partial charge in [0.05, 0.1) is 0 Å². The lowest BCUT2D eigenvalue weighted by atomic mass is 9.94. The SMILES string of the molecule is CCC1CCCCN1C(CN)c1ccc(C)c(Br)c1. The van der Waals surface area contributed by atoms with Crippen LogP contribution in [-0.2, 0) is 0 Å². The Morgan fingerprint density at radius 1 is 1.42 bits per heavy atom. The first kappa shape index (κ1) is 15.0. The Balaban J connectivity index is 2.24. The van der Waals surface area contributed by atoms with E-state index in [1.807, 2.05) is 0 Å². The van der Waals surface area contributed by atoms with Crippen LogP contribution in [-0.4, -0.2) is 24.0 Å². The number of likely N-dealkylation sites (tertiary alicyclic amines) is 1. The first-order valence-electron chi connectivity index (χ1n) is 7.39. The van der Waals surface area contributed by atoms with E-state index in [4.69, 9.17) is 5.73 Å². The second-order valence-corrected chi connectivity index (χ2v) is 6.41. The number of aryl methyl sites for hydroxylation is 1. The van der Waals surface area contributed by atoms with Gasteiger partial charge in [0.15, 0.2) is 0 Å². The standard InChI is InChI=1S/C16H25BrN2/c1-3-14-6-4-5-9-19(14)16(11-18)13-8-7-12(2)15(17)10-13/h7-8,10,14,16H,3-6,9,11,18H2,1-2H3. The molecule has 0 aromatic heterocycles. The molecular formula is C16H25BrN2. The van der Waals surface area contributed by atoms with Gasteiger partial charge in [-0.2, -0.15) is 0 Å². The smallest absolute Gasteiger partial charge is 0.0473 e. The molecule has 0 amide bonds. The van der Waals surface area contributed by atoms with Crippen molar-refractivity contribution in [2.24, 2.45) is 5.73 Å². The summed E-state index contributed by atoms with van der Waals surface area (Å²) in [5.74, 6) is 0. The predicted octanol–water partition coefficient (Wildman–Crippen LogP) is 4.02. The van der Waals surface area contributed by atoms with Gasteiger partial charge in [-0.05, 0) is 49.9 Å². The van der Waals surface area contributed by atoms with Gasteiger partial charge in [-0.15, -0.1) is 0 Å². The second kappa shape index (κ2) is 6.87. The van der Waals surface area contributed by atoms with Gasteiger partial charge in [-0.1, -0.05) is 41.4 Å². The fraction of sp³-hybridized carbons (Fsp3) is 0.625. The van der Waals surface area contributed by atoms with Crippen LogP contribution in [0.15, 0.2) is 22.7 Å². The number of hydrogen-bond donors (Lipinski definition) is 1. The van der Waals surface area contributed by atoms with Gasteiger partial charge in [0.25, 0.3) is 0 Å². The molecule has 19 heavy (non-hydrogen) atoms. The average molecular weight is 325 g/mol. The van der Waals surface area contributed by atoms with E-state index in [0.717, 1.165) is 0 Å². The van der Waals surface area contributed by atoms with E-state index in [9.17, 15) is 0 Å². The van der Waals surface area contributed by atoms with Gasteiger partial charge in [0.2, 0.25) is 0 Å². The predicted molar refractivity (Wildman–Crippen MR) is 85.3 cm³/mol. The van der Waals surface area contributed by atoms with E-state index >= 15 is 0 Å². The van der Waals surface area contributed by atoms with E-state index in [1.165, 1.54) is 47.8 Å². The average Bonchev–Trinajstić information content (AvgIpc) is 2.44. The molecule has 1 fully saturated rings. The van der Waals surface area contributed by atoms with Crippen molar-refractivity contribution in [2.75, 3.05) is 13.1 Å². The molecule has 1 saturated heterocycles. The Morgan fingerprint density at radius 2 is 2.21 bits per heavy atom. The molecule has 1 aromatic carbocycles. The van der Waals surface area contributed by atoms with Gasteiger partial charge in [-0.3, -0.25) is 4.90 Å². The van der Waals surface area contributed by atoms with Crippen molar-refractivity contribution in [3.8, 4) is 0 Å². The molecule has 0 saturated carbocycles. The molecule has 2 nitrogen and oxygen atoms in total. The van der Waals surface area contributed by atoms with Crippen molar-refractivity contribution in [3.63, 3.8) is 0 Å². The highest BCUT2D eigenvalue weighted by atomic mass is 79.9. The van der Waals surface area contributed by atoms with Gasteiger partial charge < -0.3 is 5.73 Å². The number of nitrogens with zero attached hydrogens (tertiary/aromatic N) is 1. The molecule has 0 radical (unpaired) electrons. The van der Waals surface area contributed by atoms with E-state index in [0.29, 0.717) is 18.6 Å². The fourth-order valence-electron chi connectivity index (χ4n) is 3.15. The molecule has 106 valence electrons. The van der Waals surface area contributed by atoms with Crippen LogP contribution >= 0.6 is 15.9 Å². The molecule has 1 heterocycles. The minimum Gasteiger partial charge on any atom is -0.329 e. The summed E-state index contributed by atoms with van der Waals surface area (Å²) in [5, 5.41) is 0. The quantitative estimate of drug-likeness (QED) is 0.906. The van der Waals surface area contributed by atoms with Crippen LogP contribution in [0.25, 0.3) is 0 Å². The number of halogens is 1. The summed E-state index contributed by atoms with van der Waals surface area (Å²) < 4.78 is 1.19. The summed E-state index contributed by atoms with van der Waals surface area (Å²) in [6, 6.07) is 7.73. The summed E-state index contributed by atoms with van der Waals surface area (Å²) in [6.07, 6.45) is 5.22. The number of piperidine rings is 1. The van der Waals surface area contributed by atoms with Gasteiger partial charge in [0.1, 0.15) is 0 Å². The highest BCUT2D eigenvalue weighted by molar-refractivity contribution is 9.10. The number of rotatable bonds is 4. The highest BCUT2D eigenvalue weighted by Gasteiger charge is 2.28. The first-order chi connectivity index (χ1) is 9.17. The Kier molecular flexibility index (Phi) is 5.43. The molecule has 2 unspecified atom stereocenters. The Bertz CT molecular complexity index is 419. The topological polar surface area (TPSA) is 29.3 Å². The van der Waals surface area contributed by atoms with E-state index < -0.39 is 0 Å². The molecule has 1 aliphatic rings. The molecule has 1 aromatic rings. The molecule has 0 aliphatic carbocycles. The van der Waals surface area contributed by atoms with Crippen molar-refractivity contribution in [3.05, 3.63) is 33.8 Å².